The lowest BCUT2D eigenvalue weighted by atomic mass is 9.26. The van der Waals surface area contributed by atoms with Crippen LogP contribution >= 0.6 is 0 Å². The van der Waals surface area contributed by atoms with Crippen LogP contribution in [0.1, 0.15) is 88.5 Å². The van der Waals surface area contributed by atoms with Gasteiger partial charge in [0, 0.05) is 27.8 Å². The molecule has 250 valence electrons. The molecule has 5 aliphatic carbocycles. The van der Waals surface area contributed by atoms with Gasteiger partial charge >= 0.3 is 0 Å². The van der Waals surface area contributed by atoms with Crippen molar-refractivity contribution in [3.8, 4) is 22.6 Å². The Bertz CT molecular complexity index is 2200. The summed E-state index contributed by atoms with van der Waals surface area (Å²) in [6.45, 7) is 9.78. The number of benzene rings is 5. The molecule has 2 bridgehead atoms. The van der Waals surface area contributed by atoms with Gasteiger partial charge in [0.15, 0.2) is 0 Å². The average molecular weight is 654 g/mol. The zero-order valence-electron chi connectivity index (χ0n) is 29.9. The third-order valence-electron chi connectivity index (χ3n) is 15.0. The molecule has 11 rings (SSSR count). The molecule has 6 unspecified atom stereocenters. The largest absolute Gasteiger partial charge is 0.456 e. The molecule has 5 aromatic rings. The van der Waals surface area contributed by atoms with Gasteiger partial charge < -0.3 is 9.64 Å². The number of anilines is 3. The fourth-order valence-electron chi connectivity index (χ4n) is 13.1. The molecule has 50 heavy (non-hydrogen) atoms. The van der Waals surface area contributed by atoms with Crippen LogP contribution in [0.2, 0.25) is 0 Å². The number of nitrogens with zero attached hydrogens (tertiary/aromatic N) is 1. The Kier molecular flexibility index (Phi) is 5.72. The summed E-state index contributed by atoms with van der Waals surface area (Å²) in [4.78, 5) is 2.57. The second-order valence-corrected chi connectivity index (χ2v) is 18.0. The summed E-state index contributed by atoms with van der Waals surface area (Å²) < 4.78 is 7.31. The summed E-state index contributed by atoms with van der Waals surface area (Å²) in [6.07, 6.45) is 8.04. The number of hydrogen-bond acceptors (Lipinski definition) is 2. The first-order valence-electron chi connectivity index (χ1n) is 19.2. The minimum Gasteiger partial charge on any atom is -0.456 e. The summed E-state index contributed by atoms with van der Waals surface area (Å²) in [5.41, 5.74) is 12.7. The topological polar surface area (TPSA) is 12.5 Å². The lowest BCUT2D eigenvalue weighted by Gasteiger charge is -2.77. The van der Waals surface area contributed by atoms with Gasteiger partial charge in [0.25, 0.3) is 0 Å². The maximum absolute atomic E-state index is 7.31. The SMILES string of the molecule is CC1(C)CCC(C)(C)c2c(N(c3ccccc3)c3ccc4c(c3-c3ccccc3)Oc3ccccc3C43C4CC5CC6CC3C64C5)cccc21. The van der Waals surface area contributed by atoms with Gasteiger partial charge in [-0.2, -0.15) is 0 Å². The smallest absolute Gasteiger partial charge is 0.141 e. The van der Waals surface area contributed by atoms with Gasteiger partial charge in [-0.3, -0.25) is 0 Å². The first-order valence-corrected chi connectivity index (χ1v) is 19.2. The highest BCUT2D eigenvalue weighted by molar-refractivity contribution is 5.94. The van der Waals surface area contributed by atoms with Crippen LogP contribution in [0.4, 0.5) is 17.1 Å². The lowest BCUT2D eigenvalue weighted by Crippen LogP contribution is -2.74. The molecule has 1 aliphatic heterocycles. The number of rotatable bonds is 4. The predicted molar refractivity (Wildman–Crippen MR) is 204 cm³/mol. The van der Waals surface area contributed by atoms with Gasteiger partial charge in [0.05, 0.1) is 11.4 Å². The fourth-order valence-corrected chi connectivity index (χ4v) is 13.1. The van der Waals surface area contributed by atoms with Crippen molar-refractivity contribution < 1.29 is 4.74 Å². The monoisotopic (exact) mass is 653 g/mol. The van der Waals surface area contributed by atoms with Crippen molar-refractivity contribution in [3.05, 3.63) is 138 Å². The Hall–Kier alpha value is -4.30. The molecular weight excluding hydrogens is 607 g/mol. The third-order valence-corrected chi connectivity index (χ3v) is 15.0. The molecule has 4 fully saturated rings. The van der Waals surface area contributed by atoms with Crippen molar-refractivity contribution in [1.82, 2.24) is 0 Å². The van der Waals surface area contributed by atoms with E-state index in [9.17, 15) is 0 Å². The van der Waals surface area contributed by atoms with Gasteiger partial charge in [0.2, 0.25) is 0 Å². The van der Waals surface area contributed by atoms with Gasteiger partial charge in [-0.05, 0) is 125 Å². The first-order chi connectivity index (χ1) is 24.2. The number of hydrogen-bond donors (Lipinski definition) is 0. The van der Waals surface area contributed by atoms with Crippen molar-refractivity contribution in [3.63, 3.8) is 0 Å². The number of fused-ring (bicyclic) bond motifs is 8. The minimum atomic E-state index is 0.0351. The summed E-state index contributed by atoms with van der Waals surface area (Å²) in [5, 5.41) is 0. The highest BCUT2D eigenvalue weighted by Gasteiger charge is 2.84. The predicted octanol–water partition coefficient (Wildman–Crippen LogP) is 12.6. The zero-order chi connectivity index (χ0) is 33.6. The summed E-state index contributed by atoms with van der Waals surface area (Å²) in [5.74, 6) is 5.43. The molecule has 1 heterocycles. The second-order valence-electron chi connectivity index (χ2n) is 18.0. The average Bonchev–Trinajstić information content (AvgIpc) is 3.66. The Morgan fingerprint density at radius 1 is 0.600 bits per heavy atom. The molecule has 6 atom stereocenters. The minimum absolute atomic E-state index is 0.0351. The van der Waals surface area contributed by atoms with Crippen molar-refractivity contribution in [2.24, 2.45) is 29.1 Å². The van der Waals surface area contributed by atoms with Gasteiger partial charge in [0.1, 0.15) is 11.5 Å². The maximum Gasteiger partial charge on any atom is 0.141 e. The van der Waals surface area contributed by atoms with E-state index >= 15 is 0 Å². The van der Waals surface area contributed by atoms with E-state index in [1.165, 1.54) is 82.5 Å². The van der Waals surface area contributed by atoms with E-state index in [1.54, 1.807) is 0 Å². The molecule has 0 amide bonds. The molecule has 2 heteroatoms. The van der Waals surface area contributed by atoms with E-state index < -0.39 is 0 Å². The van der Waals surface area contributed by atoms with E-state index in [0.717, 1.165) is 29.8 Å². The van der Waals surface area contributed by atoms with Gasteiger partial charge in [-0.25, -0.2) is 0 Å². The van der Waals surface area contributed by atoms with Crippen molar-refractivity contribution >= 4 is 17.1 Å². The highest BCUT2D eigenvalue weighted by atomic mass is 16.5. The van der Waals surface area contributed by atoms with Crippen molar-refractivity contribution in [2.45, 2.75) is 82.5 Å². The van der Waals surface area contributed by atoms with Crippen LogP contribution in [0.5, 0.6) is 11.5 Å². The number of para-hydroxylation sites is 2. The molecule has 0 aromatic heterocycles. The Morgan fingerprint density at radius 3 is 2.10 bits per heavy atom. The van der Waals surface area contributed by atoms with Crippen LogP contribution in [0, 0.1) is 29.1 Å². The molecule has 4 saturated carbocycles. The Labute approximate surface area is 297 Å². The van der Waals surface area contributed by atoms with Crippen LogP contribution in [-0.2, 0) is 16.2 Å². The summed E-state index contributed by atoms with van der Waals surface area (Å²) in [7, 11) is 0. The molecule has 2 spiro atoms. The van der Waals surface area contributed by atoms with Crippen LogP contribution in [0.15, 0.2) is 115 Å². The molecule has 2 nitrogen and oxygen atoms in total. The van der Waals surface area contributed by atoms with Crippen molar-refractivity contribution in [1.29, 1.82) is 0 Å². The standard InChI is InChI=1S/C48H47NO/c1-45(2)24-25-46(3,4)43-35(45)19-13-20-38(43)49(33-16-9-6-10-17-33)37-23-22-36-44(42(37)31-14-7-5-8-15-31)50-39-21-12-11-18-34(39)48(36)40-27-30-26-32-28-41(48)47(32,40)29-30/h5-23,30,32,40-41H,24-29H2,1-4H3. The summed E-state index contributed by atoms with van der Waals surface area (Å²) in [6, 6.07) is 43.4. The molecule has 6 aliphatic rings. The van der Waals surface area contributed by atoms with Crippen molar-refractivity contribution in [2.75, 3.05) is 4.90 Å². The van der Waals surface area contributed by atoms with E-state index in [0.29, 0.717) is 17.3 Å². The van der Waals surface area contributed by atoms with Gasteiger partial charge in [-0.15, -0.1) is 0 Å². The normalized spacial score (nSPS) is 31.0. The molecule has 0 N–H and O–H groups in total. The van der Waals surface area contributed by atoms with E-state index in [4.69, 9.17) is 4.74 Å². The van der Waals surface area contributed by atoms with E-state index in [2.05, 4.69) is 148 Å². The Balaban J connectivity index is 1.21. The first kappa shape index (κ1) is 29.4. The van der Waals surface area contributed by atoms with Crippen LogP contribution in [0.25, 0.3) is 11.1 Å². The number of ether oxygens (including phenoxy) is 1. The Morgan fingerprint density at radius 2 is 1.30 bits per heavy atom. The lowest BCUT2D eigenvalue weighted by molar-refractivity contribution is -0.235. The summed E-state index contributed by atoms with van der Waals surface area (Å²) >= 11 is 0. The molecular formula is C48H47NO. The molecule has 0 saturated heterocycles. The highest BCUT2D eigenvalue weighted by Crippen LogP contribution is 2.89. The second kappa shape index (κ2) is 9.72. The van der Waals surface area contributed by atoms with Crippen LogP contribution < -0.4 is 9.64 Å². The maximum atomic E-state index is 7.31. The third kappa shape index (κ3) is 3.46. The fraction of sp³-hybridized carbons (Fsp3) is 0.375. The molecule has 5 aromatic carbocycles. The zero-order valence-corrected chi connectivity index (χ0v) is 29.9. The molecule has 0 radical (unpaired) electrons. The van der Waals surface area contributed by atoms with Crippen LogP contribution in [0.3, 0.4) is 0 Å². The van der Waals surface area contributed by atoms with Crippen LogP contribution in [-0.4, -0.2) is 0 Å². The van der Waals surface area contributed by atoms with E-state index in [-0.39, 0.29) is 16.2 Å². The quantitative estimate of drug-likeness (QED) is 0.191. The van der Waals surface area contributed by atoms with E-state index in [1.807, 2.05) is 0 Å². The van der Waals surface area contributed by atoms with Gasteiger partial charge in [-0.1, -0.05) is 113 Å².